The summed E-state index contributed by atoms with van der Waals surface area (Å²) < 4.78 is 43.0. The number of methoxy groups -OCH3 is 1. The Morgan fingerprint density at radius 3 is 1.18 bits per heavy atom. The molecule has 9 nitrogen and oxygen atoms in total. The molecule has 192 valence electrons. The van der Waals surface area contributed by atoms with Gasteiger partial charge in [0.2, 0.25) is 0 Å². The molecule has 0 atom stereocenters. The van der Waals surface area contributed by atoms with Crippen molar-refractivity contribution < 1.29 is 37.9 Å². The molecular weight excluding hydrogens is 430 g/mol. The standard InChI is InChI=1S/C24H43NO8/c1-25(24-6-4-3-5-7-24)8-9-27-12-13-29-16-17-31-20-21-33-23-22-32-19-18-30-15-14-28-11-10-26-2/h3-7H,8-23H2,1-2H3. The third-order valence-electron chi connectivity index (χ3n) is 4.43. The summed E-state index contributed by atoms with van der Waals surface area (Å²) in [5.74, 6) is 0. The van der Waals surface area contributed by atoms with E-state index in [1.54, 1.807) is 7.11 Å². The van der Waals surface area contributed by atoms with Gasteiger partial charge in [-0.1, -0.05) is 18.2 Å². The summed E-state index contributed by atoms with van der Waals surface area (Å²) in [6, 6.07) is 10.3. The minimum absolute atomic E-state index is 0.538. The van der Waals surface area contributed by atoms with Crippen LogP contribution in [0.5, 0.6) is 0 Å². The molecule has 0 N–H and O–H groups in total. The Labute approximate surface area is 199 Å². The van der Waals surface area contributed by atoms with Crippen molar-refractivity contribution >= 4 is 5.69 Å². The number of rotatable bonds is 25. The van der Waals surface area contributed by atoms with Crippen LogP contribution in [-0.4, -0.2) is 120 Å². The van der Waals surface area contributed by atoms with Crippen LogP contribution < -0.4 is 4.90 Å². The second-order valence-electron chi connectivity index (χ2n) is 7.04. The highest BCUT2D eigenvalue weighted by atomic mass is 16.6. The Bertz CT molecular complexity index is 508. The molecule has 1 aromatic rings. The topological polar surface area (TPSA) is 77.1 Å². The Kier molecular flexibility index (Phi) is 21.5. The predicted octanol–water partition coefficient (Wildman–Crippen LogP) is 1.89. The van der Waals surface area contributed by atoms with E-state index in [0.717, 1.165) is 6.54 Å². The molecule has 0 aliphatic carbocycles. The monoisotopic (exact) mass is 473 g/mol. The van der Waals surface area contributed by atoms with Crippen LogP contribution >= 0.6 is 0 Å². The van der Waals surface area contributed by atoms with Crippen molar-refractivity contribution in [3.05, 3.63) is 30.3 Å². The largest absolute Gasteiger partial charge is 0.382 e. The maximum Gasteiger partial charge on any atom is 0.0701 e. The molecule has 0 fully saturated rings. The zero-order valence-corrected chi connectivity index (χ0v) is 20.4. The molecule has 9 heteroatoms. The van der Waals surface area contributed by atoms with Gasteiger partial charge in [0.1, 0.15) is 0 Å². The summed E-state index contributed by atoms with van der Waals surface area (Å²) in [6.07, 6.45) is 0. The summed E-state index contributed by atoms with van der Waals surface area (Å²) in [5, 5.41) is 0. The SMILES string of the molecule is COCCOCCOCCOCCOCCOCCOCCOCCN(C)c1ccccc1. The number of hydrogen-bond acceptors (Lipinski definition) is 9. The lowest BCUT2D eigenvalue weighted by molar-refractivity contribution is -0.0219. The van der Waals surface area contributed by atoms with E-state index in [0.29, 0.717) is 99.1 Å². The van der Waals surface area contributed by atoms with E-state index in [1.807, 2.05) is 18.2 Å². The molecule has 1 rings (SSSR count). The van der Waals surface area contributed by atoms with Crippen molar-refractivity contribution in [1.82, 2.24) is 0 Å². The predicted molar refractivity (Wildman–Crippen MR) is 127 cm³/mol. The molecule has 0 spiro atoms. The van der Waals surface area contributed by atoms with Crippen molar-refractivity contribution in [2.45, 2.75) is 0 Å². The molecule has 0 aliphatic rings. The fraction of sp³-hybridized carbons (Fsp3) is 0.750. The van der Waals surface area contributed by atoms with Gasteiger partial charge in [0.05, 0.1) is 99.1 Å². The van der Waals surface area contributed by atoms with Crippen molar-refractivity contribution in [3.63, 3.8) is 0 Å². The lowest BCUT2D eigenvalue weighted by atomic mass is 10.3. The van der Waals surface area contributed by atoms with Crippen LogP contribution in [0.25, 0.3) is 0 Å². The lowest BCUT2D eigenvalue weighted by Crippen LogP contribution is -2.23. The fourth-order valence-corrected chi connectivity index (χ4v) is 2.58. The molecule has 0 aliphatic heterocycles. The third kappa shape index (κ3) is 19.8. The maximum atomic E-state index is 5.61. The number of likely N-dealkylation sites (N-methyl/N-ethyl adjacent to an activating group) is 1. The van der Waals surface area contributed by atoms with Gasteiger partial charge in [-0.15, -0.1) is 0 Å². The molecule has 0 heterocycles. The smallest absolute Gasteiger partial charge is 0.0701 e. The van der Waals surface area contributed by atoms with Gasteiger partial charge in [-0.25, -0.2) is 0 Å². The summed E-state index contributed by atoms with van der Waals surface area (Å²) in [7, 11) is 3.71. The second kappa shape index (κ2) is 23.8. The number of para-hydroxylation sites is 1. The Morgan fingerprint density at radius 1 is 0.485 bits per heavy atom. The van der Waals surface area contributed by atoms with Gasteiger partial charge in [-0.05, 0) is 12.1 Å². The first-order valence-corrected chi connectivity index (χ1v) is 11.6. The molecule has 0 amide bonds. The summed E-state index contributed by atoms with van der Waals surface area (Å²) in [6.45, 7) is 9.33. The normalized spacial score (nSPS) is 11.2. The van der Waals surface area contributed by atoms with Crippen LogP contribution in [0.3, 0.4) is 0 Å². The summed E-state index contributed by atoms with van der Waals surface area (Å²) in [5.41, 5.74) is 1.19. The minimum Gasteiger partial charge on any atom is -0.382 e. The van der Waals surface area contributed by atoms with Gasteiger partial charge >= 0.3 is 0 Å². The Hall–Kier alpha value is -1.30. The number of benzene rings is 1. The van der Waals surface area contributed by atoms with E-state index in [-0.39, 0.29) is 0 Å². The molecule has 0 saturated carbocycles. The van der Waals surface area contributed by atoms with Crippen molar-refractivity contribution in [2.75, 3.05) is 125 Å². The van der Waals surface area contributed by atoms with E-state index in [1.165, 1.54) is 5.69 Å². The van der Waals surface area contributed by atoms with Crippen LogP contribution in [-0.2, 0) is 37.9 Å². The van der Waals surface area contributed by atoms with Gasteiger partial charge in [0.25, 0.3) is 0 Å². The van der Waals surface area contributed by atoms with Gasteiger partial charge in [0, 0.05) is 26.4 Å². The second-order valence-corrected chi connectivity index (χ2v) is 7.04. The molecule has 0 unspecified atom stereocenters. The molecule has 33 heavy (non-hydrogen) atoms. The zero-order valence-electron chi connectivity index (χ0n) is 20.4. The first-order valence-electron chi connectivity index (χ1n) is 11.6. The van der Waals surface area contributed by atoms with Gasteiger partial charge in [-0.2, -0.15) is 0 Å². The number of hydrogen-bond donors (Lipinski definition) is 0. The summed E-state index contributed by atoms with van der Waals surface area (Å²) >= 11 is 0. The van der Waals surface area contributed by atoms with Crippen LogP contribution in [0.2, 0.25) is 0 Å². The molecule has 1 aromatic carbocycles. The van der Waals surface area contributed by atoms with E-state index >= 15 is 0 Å². The van der Waals surface area contributed by atoms with Crippen molar-refractivity contribution in [1.29, 1.82) is 0 Å². The molecular formula is C24H43NO8. The number of ether oxygens (including phenoxy) is 8. The van der Waals surface area contributed by atoms with Gasteiger partial charge in [0.15, 0.2) is 0 Å². The molecule has 0 saturated heterocycles. The molecule has 0 bridgehead atoms. The van der Waals surface area contributed by atoms with E-state index in [4.69, 9.17) is 37.9 Å². The average Bonchev–Trinajstić information content (AvgIpc) is 2.85. The highest BCUT2D eigenvalue weighted by Gasteiger charge is 1.99. The molecule has 0 aromatic heterocycles. The van der Waals surface area contributed by atoms with E-state index in [9.17, 15) is 0 Å². The summed E-state index contributed by atoms with van der Waals surface area (Å²) in [4.78, 5) is 2.17. The Morgan fingerprint density at radius 2 is 0.818 bits per heavy atom. The van der Waals surface area contributed by atoms with Crippen LogP contribution in [0.4, 0.5) is 5.69 Å². The Balaban J connectivity index is 1.68. The van der Waals surface area contributed by atoms with Gasteiger partial charge in [-0.3, -0.25) is 0 Å². The first kappa shape index (κ1) is 29.7. The van der Waals surface area contributed by atoms with Gasteiger partial charge < -0.3 is 42.8 Å². The van der Waals surface area contributed by atoms with Crippen LogP contribution in [0, 0.1) is 0 Å². The lowest BCUT2D eigenvalue weighted by Gasteiger charge is -2.19. The van der Waals surface area contributed by atoms with Crippen molar-refractivity contribution in [3.8, 4) is 0 Å². The van der Waals surface area contributed by atoms with E-state index < -0.39 is 0 Å². The molecule has 0 radical (unpaired) electrons. The highest BCUT2D eigenvalue weighted by molar-refractivity contribution is 5.44. The fourth-order valence-electron chi connectivity index (χ4n) is 2.58. The zero-order chi connectivity index (χ0) is 23.7. The van der Waals surface area contributed by atoms with Crippen molar-refractivity contribution in [2.24, 2.45) is 0 Å². The highest BCUT2D eigenvalue weighted by Crippen LogP contribution is 2.09. The van der Waals surface area contributed by atoms with Crippen LogP contribution in [0.1, 0.15) is 0 Å². The van der Waals surface area contributed by atoms with E-state index in [2.05, 4.69) is 24.1 Å². The first-order chi connectivity index (χ1) is 16.3. The number of nitrogens with zero attached hydrogens (tertiary/aromatic N) is 1. The quantitative estimate of drug-likeness (QED) is 0.198. The number of anilines is 1. The average molecular weight is 474 g/mol. The maximum absolute atomic E-state index is 5.61. The third-order valence-corrected chi connectivity index (χ3v) is 4.43. The van der Waals surface area contributed by atoms with Crippen LogP contribution in [0.15, 0.2) is 30.3 Å². The minimum atomic E-state index is 0.538.